The lowest BCUT2D eigenvalue weighted by molar-refractivity contribution is 0.317. The van der Waals surface area contributed by atoms with E-state index in [0.717, 1.165) is 75.8 Å². The Hall–Kier alpha value is -3.40. The zero-order valence-electron chi connectivity index (χ0n) is 17.8. The number of fused-ring (bicyclic) bond motifs is 2. The largest absolute Gasteiger partial charge is 0.383 e. The number of tetrazole rings is 1. The quantitative estimate of drug-likeness (QED) is 0.374. The van der Waals surface area contributed by atoms with Crippen molar-refractivity contribution in [1.29, 1.82) is 0 Å². The molecule has 9 nitrogen and oxygen atoms in total. The third kappa shape index (κ3) is 3.64. The highest BCUT2D eigenvalue weighted by Crippen LogP contribution is 2.41. The Balaban J connectivity index is 1.33. The van der Waals surface area contributed by atoms with Crippen LogP contribution in [0, 0.1) is 5.92 Å². The number of hydrogen-bond donors (Lipinski definition) is 2. The molecule has 1 saturated carbocycles. The lowest BCUT2D eigenvalue weighted by atomic mass is 9.79. The van der Waals surface area contributed by atoms with Crippen LogP contribution in [0.2, 0.25) is 0 Å². The van der Waals surface area contributed by atoms with E-state index in [1.807, 2.05) is 30.6 Å². The molecule has 4 aromatic heterocycles. The Bertz CT molecular complexity index is 1440. The summed E-state index contributed by atoms with van der Waals surface area (Å²) in [5.74, 6) is 2.26. The van der Waals surface area contributed by atoms with Gasteiger partial charge < -0.3 is 5.73 Å². The van der Waals surface area contributed by atoms with Crippen molar-refractivity contribution in [1.82, 2.24) is 40.2 Å². The van der Waals surface area contributed by atoms with Crippen LogP contribution in [0.15, 0.2) is 47.2 Å². The number of benzene rings is 1. The van der Waals surface area contributed by atoms with Crippen molar-refractivity contribution in [2.75, 3.05) is 5.73 Å². The first kappa shape index (κ1) is 20.2. The summed E-state index contributed by atoms with van der Waals surface area (Å²) in [5, 5.41) is 20.0. The molecule has 0 unspecified atom stereocenters. The van der Waals surface area contributed by atoms with Gasteiger partial charge in [-0.1, -0.05) is 23.4 Å². The molecule has 166 valence electrons. The number of rotatable bonds is 4. The topological polar surface area (TPSA) is 124 Å². The summed E-state index contributed by atoms with van der Waals surface area (Å²) in [5.41, 5.74) is 11.1. The maximum atomic E-state index is 6.50. The molecule has 0 bridgehead atoms. The SMILES string of the molecule is Nc1c(Br)c([C@H]2CC[C@@H](Cc3nn[nH]n3)CC2)nc2c(-c3cnc4ccccc4c3)cnn12. The fourth-order valence-electron chi connectivity index (χ4n) is 4.87. The first-order valence-electron chi connectivity index (χ1n) is 11.1. The summed E-state index contributed by atoms with van der Waals surface area (Å²) in [6.45, 7) is 0. The Morgan fingerprint density at radius 3 is 2.79 bits per heavy atom. The van der Waals surface area contributed by atoms with Crippen LogP contribution in [0.25, 0.3) is 27.7 Å². The standard InChI is InChI=1S/C23H22BrN9/c24-20-21(14-7-5-13(6-8-14)9-19-29-31-32-30-19)28-23-17(12-27-33(23)22(20)25)16-10-15-3-1-2-4-18(15)26-11-16/h1-4,10-14H,5-9,25H2,(H,29,30,31,32)/t13-,14+. The molecule has 0 atom stereocenters. The van der Waals surface area contributed by atoms with Crippen molar-refractivity contribution >= 4 is 38.3 Å². The van der Waals surface area contributed by atoms with Crippen molar-refractivity contribution < 1.29 is 0 Å². The Labute approximate surface area is 198 Å². The molecule has 0 radical (unpaired) electrons. The molecule has 3 N–H and O–H groups in total. The minimum atomic E-state index is 0.339. The number of pyridine rings is 1. The van der Waals surface area contributed by atoms with Crippen molar-refractivity contribution in [2.45, 2.75) is 38.0 Å². The van der Waals surface area contributed by atoms with E-state index in [4.69, 9.17) is 10.7 Å². The lowest BCUT2D eigenvalue weighted by Crippen LogP contribution is -2.18. The van der Waals surface area contributed by atoms with Crippen LogP contribution < -0.4 is 5.73 Å². The van der Waals surface area contributed by atoms with E-state index in [-0.39, 0.29) is 0 Å². The average Bonchev–Trinajstić information content (AvgIpc) is 3.52. The summed E-state index contributed by atoms with van der Waals surface area (Å²) >= 11 is 3.71. The van der Waals surface area contributed by atoms with Gasteiger partial charge in [-0.2, -0.15) is 14.8 Å². The molecule has 1 aliphatic rings. The highest BCUT2D eigenvalue weighted by molar-refractivity contribution is 9.10. The van der Waals surface area contributed by atoms with Gasteiger partial charge in [-0.05, 0) is 59.7 Å². The van der Waals surface area contributed by atoms with Crippen molar-refractivity contribution in [2.24, 2.45) is 5.92 Å². The van der Waals surface area contributed by atoms with Crippen molar-refractivity contribution in [3.63, 3.8) is 0 Å². The second kappa shape index (κ2) is 8.18. The molecule has 1 fully saturated rings. The van der Waals surface area contributed by atoms with Crippen LogP contribution in [0.5, 0.6) is 0 Å². The molecule has 4 heterocycles. The summed E-state index contributed by atoms with van der Waals surface area (Å²) in [4.78, 5) is 9.70. The second-order valence-corrected chi connectivity index (χ2v) is 9.45. The predicted molar refractivity (Wildman–Crippen MR) is 128 cm³/mol. The molecule has 0 spiro atoms. The van der Waals surface area contributed by atoms with Crippen molar-refractivity contribution in [3.8, 4) is 11.1 Å². The Morgan fingerprint density at radius 2 is 1.97 bits per heavy atom. The number of nitrogens with two attached hydrogens (primary N) is 1. The maximum absolute atomic E-state index is 6.50. The normalized spacial score (nSPS) is 18.8. The van der Waals surface area contributed by atoms with E-state index in [1.54, 1.807) is 4.52 Å². The molecule has 10 heteroatoms. The van der Waals surface area contributed by atoms with Gasteiger partial charge in [0.15, 0.2) is 11.5 Å². The number of anilines is 1. The molecule has 1 aliphatic carbocycles. The van der Waals surface area contributed by atoms with Gasteiger partial charge in [0.25, 0.3) is 0 Å². The van der Waals surface area contributed by atoms with E-state index in [0.29, 0.717) is 17.7 Å². The number of nitrogens with one attached hydrogen (secondary N) is 1. The van der Waals surface area contributed by atoms with E-state index >= 15 is 0 Å². The zero-order chi connectivity index (χ0) is 22.4. The lowest BCUT2D eigenvalue weighted by Gasteiger charge is -2.28. The van der Waals surface area contributed by atoms with Crippen LogP contribution in [0.3, 0.4) is 0 Å². The van der Waals surface area contributed by atoms with Crippen LogP contribution in [-0.4, -0.2) is 40.2 Å². The van der Waals surface area contributed by atoms with E-state index in [9.17, 15) is 0 Å². The van der Waals surface area contributed by atoms with E-state index in [1.165, 1.54) is 0 Å². The van der Waals surface area contributed by atoms with Gasteiger partial charge in [-0.15, -0.1) is 10.2 Å². The van der Waals surface area contributed by atoms with E-state index < -0.39 is 0 Å². The molecule has 6 rings (SSSR count). The Kier molecular flexibility index (Phi) is 5.01. The number of H-pyrrole nitrogens is 1. The van der Waals surface area contributed by atoms with Gasteiger partial charge in [0.1, 0.15) is 5.82 Å². The molecule has 33 heavy (non-hydrogen) atoms. The molecular formula is C23H22BrN9. The first-order chi connectivity index (χ1) is 16.2. The van der Waals surface area contributed by atoms with Gasteiger partial charge in [-0.25, -0.2) is 4.98 Å². The van der Waals surface area contributed by atoms with Gasteiger partial charge in [0.05, 0.1) is 21.9 Å². The third-order valence-corrected chi connectivity index (χ3v) is 7.46. The predicted octanol–water partition coefficient (Wildman–Crippen LogP) is 4.32. The maximum Gasteiger partial charge on any atom is 0.174 e. The van der Waals surface area contributed by atoms with Gasteiger partial charge in [0, 0.05) is 35.0 Å². The van der Waals surface area contributed by atoms with Crippen LogP contribution >= 0.6 is 15.9 Å². The summed E-state index contributed by atoms with van der Waals surface area (Å²) in [6.07, 6.45) is 8.85. The second-order valence-electron chi connectivity index (χ2n) is 8.66. The highest BCUT2D eigenvalue weighted by atomic mass is 79.9. The molecule has 5 aromatic rings. The van der Waals surface area contributed by atoms with Crippen LogP contribution in [0.1, 0.15) is 43.1 Å². The highest BCUT2D eigenvalue weighted by Gasteiger charge is 2.28. The number of halogens is 1. The summed E-state index contributed by atoms with van der Waals surface area (Å²) in [6, 6.07) is 10.2. The zero-order valence-corrected chi connectivity index (χ0v) is 19.4. The minimum Gasteiger partial charge on any atom is -0.383 e. The number of nitrogens with zero attached hydrogens (tertiary/aromatic N) is 7. The van der Waals surface area contributed by atoms with Crippen LogP contribution in [-0.2, 0) is 6.42 Å². The van der Waals surface area contributed by atoms with Gasteiger partial charge in [0.2, 0.25) is 0 Å². The number of aromatic nitrogens is 8. The van der Waals surface area contributed by atoms with Gasteiger partial charge in [-0.3, -0.25) is 4.98 Å². The third-order valence-electron chi connectivity index (χ3n) is 6.64. The minimum absolute atomic E-state index is 0.339. The molecule has 1 aromatic carbocycles. The number of para-hydroxylation sites is 1. The number of hydrogen-bond acceptors (Lipinski definition) is 7. The van der Waals surface area contributed by atoms with E-state index in [2.05, 4.69) is 58.8 Å². The smallest absolute Gasteiger partial charge is 0.174 e. The fraction of sp³-hybridized carbons (Fsp3) is 0.304. The average molecular weight is 504 g/mol. The summed E-state index contributed by atoms with van der Waals surface area (Å²) in [7, 11) is 0. The Morgan fingerprint density at radius 1 is 1.12 bits per heavy atom. The van der Waals surface area contributed by atoms with Crippen LogP contribution in [0.4, 0.5) is 5.82 Å². The summed E-state index contributed by atoms with van der Waals surface area (Å²) < 4.78 is 2.54. The number of aromatic amines is 1. The van der Waals surface area contributed by atoms with Gasteiger partial charge >= 0.3 is 0 Å². The molecular weight excluding hydrogens is 482 g/mol. The number of nitrogen functional groups attached to an aromatic ring is 1. The molecule has 0 saturated heterocycles. The molecule has 0 aliphatic heterocycles. The monoisotopic (exact) mass is 503 g/mol. The molecule has 0 amide bonds. The van der Waals surface area contributed by atoms with Crippen molar-refractivity contribution in [3.05, 3.63) is 58.7 Å². The fourth-order valence-corrected chi connectivity index (χ4v) is 5.45. The first-order valence-corrected chi connectivity index (χ1v) is 11.9.